The van der Waals surface area contributed by atoms with Gasteiger partial charge in [0.15, 0.2) is 0 Å². The van der Waals surface area contributed by atoms with Crippen molar-refractivity contribution in [1.82, 2.24) is 0 Å². The highest BCUT2D eigenvalue weighted by Gasteiger charge is 2.14. The third-order valence-corrected chi connectivity index (χ3v) is 3.95. The normalized spacial score (nSPS) is 16.5. The molecule has 1 aliphatic carbocycles. The van der Waals surface area contributed by atoms with Crippen LogP contribution in [0.4, 0.5) is 0 Å². The van der Waals surface area contributed by atoms with Crippen molar-refractivity contribution >= 4 is 28.8 Å². The Labute approximate surface area is 118 Å². The van der Waals surface area contributed by atoms with E-state index in [1.807, 2.05) is 12.1 Å². The standard InChI is InChI=1S/C14H18ClNOS/c15-13-8-11(6-7-12(13)14(16)18)17-9-10-4-2-1-3-5-10/h6-8,10H,1-5,9H2,(H2,16,18). The zero-order valence-corrected chi connectivity index (χ0v) is 11.9. The van der Waals surface area contributed by atoms with Crippen molar-refractivity contribution in [3.8, 4) is 5.75 Å². The largest absolute Gasteiger partial charge is 0.493 e. The maximum atomic E-state index is 6.10. The number of hydrogen-bond acceptors (Lipinski definition) is 2. The van der Waals surface area contributed by atoms with Gasteiger partial charge in [0.05, 0.1) is 11.6 Å². The molecule has 1 aromatic rings. The second-order valence-electron chi connectivity index (χ2n) is 4.82. The monoisotopic (exact) mass is 283 g/mol. The van der Waals surface area contributed by atoms with Crippen molar-refractivity contribution in [2.24, 2.45) is 11.7 Å². The van der Waals surface area contributed by atoms with Gasteiger partial charge in [-0.3, -0.25) is 0 Å². The van der Waals surface area contributed by atoms with E-state index < -0.39 is 0 Å². The first kappa shape index (κ1) is 13.6. The Kier molecular flexibility index (Phi) is 4.84. The molecule has 98 valence electrons. The van der Waals surface area contributed by atoms with Crippen molar-refractivity contribution < 1.29 is 4.74 Å². The summed E-state index contributed by atoms with van der Waals surface area (Å²) in [5.74, 6) is 1.48. The molecular formula is C14H18ClNOS. The van der Waals surface area contributed by atoms with Gasteiger partial charge < -0.3 is 10.5 Å². The fourth-order valence-electron chi connectivity index (χ4n) is 2.35. The van der Waals surface area contributed by atoms with Crippen molar-refractivity contribution in [1.29, 1.82) is 0 Å². The van der Waals surface area contributed by atoms with E-state index in [1.54, 1.807) is 6.07 Å². The van der Waals surface area contributed by atoms with Crippen molar-refractivity contribution in [2.75, 3.05) is 6.61 Å². The Hall–Kier alpha value is -0.800. The lowest BCUT2D eigenvalue weighted by molar-refractivity contribution is 0.209. The van der Waals surface area contributed by atoms with Crippen LogP contribution in [-0.4, -0.2) is 11.6 Å². The van der Waals surface area contributed by atoms with E-state index in [4.69, 9.17) is 34.3 Å². The summed E-state index contributed by atoms with van der Waals surface area (Å²) < 4.78 is 5.79. The molecule has 0 saturated heterocycles. The number of hydrogen-bond donors (Lipinski definition) is 1. The zero-order valence-electron chi connectivity index (χ0n) is 10.3. The van der Waals surface area contributed by atoms with Crippen LogP contribution in [0.15, 0.2) is 18.2 Å². The smallest absolute Gasteiger partial charge is 0.120 e. The molecule has 1 saturated carbocycles. The van der Waals surface area contributed by atoms with E-state index in [-0.39, 0.29) is 0 Å². The van der Waals surface area contributed by atoms with Crippen molar-refractivity contribution in [2.45, 2.75) is 32.1 Å². The number of nitrogens with two attached hydrogens (primary N) is 1. The predicted molar refractivity (Wildman–Crippen MR) is 79.4 cm³/mol. The van der Waals surface area contributed by atoms with Gasteiger partial charge in [0.2, 0.25) is 0 Å². The van der Waals surface area contributed by atoms with E-state index in [1.165, 1.54) is 32.1 Å². The highest BCUT2D eigenvalue weighted by molar-refractivity contribution is 7.80. The van der Waals surface area contributed by atoms with Crippen LogP contribution in [0, 0.1) is 5.92 Å². The summed E-state index contributed by atoms with van der Waals surface area (Å²) in [4.78, 5) is 0.318. The number of halogens is 1. The molecule has 1 fully saturated rings. The molecule has 0 spiro atoms. The Balaban J connectivity index is 1.93. The van der Waals surface area contributed by atoms with Gasteiger partial charge >= 0.3 is 0 Å². The predicted octanol–water partition coefficient (Wildman–Crippen LogP) is 3.93. The Morgan fingerprint density at radius 2 is 2.06 bits per heavy atom. The lowest BCUT2D eigenvalue weighted by atomic mass is 9.90. The van der Waals surface area contributed by atoms with Gasteiger partial charge in [0, 0.05) is 5.56 Å². The first-order chi connectivity index (χ1) is 8.66. The average Bonchev–Trinajstić information content (AvgIpc) is 2.37. The van der Waals surface area contributed by atoms with Gasteiger partial charge in [-0.15, -0.1) is 0 Å². The van der Waals surface area contributed by atoms with Gasteiger partial charge in [-0.2, -0.15) is 0 Å². The molecule has 2 rings (SSSR count). The van der Waals surface area contributed by atoms with Gasteiger partial charge in [-0.25, -0.2) is 0 Å². The molecule has 0 heterocycles. The molecule has 2 N–H and O–H groups in total. The molecule has 0 radical (unpaired) electrons. The lowest BCUT2D eigenvalue weighted by Crippen LogP contribution is -2.15. The summed E-state index contributed by atoms with van der Waals surface area (Å²) >= 11 is 11.0. The third-order valence-electron chi connectivity index (χ3n) is 3.42. The second-order valence-corrected chi connectivity index (χ2v) is 5.67. The molecule has 18 heavy (non-hydrogen) atoms. The second kappa shape index (κ2) is 6.39. The van der Waals surface area contributed by atoms with Crippen LogP contribution in [0.1, 0.15) is 37.7 Å². The number of thiocarbonyl (C=S) groups is 1. The molecule has 1 aromatic carbocycles. The highest BCUT2D eigenvalue weighted by atomic mass is 35.5. The summed E-state index contributed by atoms with van der Waals surface area (Å²) in [6.45, 7) is 0.781. The van der Waals surface area contributed by atoms with Crippen LogP contribution in [0.2, 0.25) is 5.02 Å². The minimum absolute atomic E-state index is 0.318. The summed E-state index contributed by atoms with van der Waals surface area (Å²) in [5, 5.41) is 0.559. The third kappa shape index (κ3) is 3.59. The summed E-state index contributed by atoms with van der Waals surface area (Å²) in [6.07, 6.45) is 6.58. The molecular weight excluding hydrogens is 266 g/mol. The minimum atomic E-state index is 0.318. The van der Waals surface area contributed by atoms with E-state index in [2.05, 4.69) is 0 Å². The molecule has 4 heteroatoms. The van der Waals surface area contributed by atoms with E-state index >= 15 is 0 Å². The fourth-order valence-corrected chi connectivity index (χ4v) is 2.86. The molecule has 1 aliphatic rings. The first-order valence-corrected chi connectivity index (χ1v) is 7.17. The van der Waals surface area contributed by atoms with Crippen LogP contribution >= 0.6 is 23.8 Å². The highest BCUT2D eigenvalue weighted by Crippen LogP contribution is 2.26. The summed E-state index contributed by atoms with van der Waals surface area (Å²) in [7, 11) is 0. The quantitative estimate of drug-likeness (QED) is 0.850. The van der Waals surface area contributed by atoms with E-state index in [0.717, 1.165) is 12.4 Å². The Bertz CT molecular complexity index is 430. The number of ether oxygens (including phenoxy) is 1. The average molecular weight is 284 g/mol. The fraction of sp³-hybridized carbons (Fsp3) is 0.500. The van der Waals surface area contributed by atoms with E-state index in [0.29, 0.717) is 21.5 Å². The van der Waals surface area contributed by atoms with Gasteiger partial charge in [-0.05, 0) is 37.0 Å². The number of rotatable bonds is 4. The molecule has 0 aromatic heterocycles. The molecule has 0 bridgehead atoms. The van der Waals surface area contributed by atoms with E-state index in [9.17, 15) is 0 Å². The molecule has 2 nitrogen and oxygen atoms in total. The van der Waals surface area contributed by atoms with Gasteiger partial charge in [0.1, 0.15) is 10.7 Å². The van der Waals surface area contributed by atoms with Crippen molar-refractivity contribution in [3.05, 3.63) is 28.8 Å². The molecule has 0 atom stereocenters. The van der Waals surface area contributed by atoms with Crippen LogP contribution in [-0.2, 0) is 0 Å². The molecule has 0 aliphatic heterocycles. The Morgan fingerprint density at radius 1 is 1.33 bits per heavy atom. The minimum Gasteiger partial charge on any atom is -0.493 e. The molecule has 0 unspecified atom stereocenters. The molecule has 0 amide bonds. The lowest BCUT2D eigenvalue weighted by Gasteiger charge is -2.21. The maximum Gasteiger partial charge on any atom is 0.120 e. The first-order valence-electron chi connectivity index (χ1n) is 6.39. The van der Waals surface area contributed by atoms with Crippen LogP contribution in [0.5, 0.6) is 5.75 Å². The summed E-state index contributed by atoms with van der Waals surface area (Å²) in [5.41, 5.74) is 6.27. The summed E-state index contributed by atoms with van der Waals surface area (Å²) in [6, 6.07) is 5.49. The Morgan fingerprint density at radius 3 is 2.67 bits per heavy atom. The topological polar surface area (TPSA) is 35.2 Å². The van der Waals surface area contributed by atoms with Crippen molar-refractivity contribution in [3.63, 3.8) is 0 Å². The van der Waals surface area contributed by atoms with Gasteiger partial charge in [-0.1, -0.05) is 43.1 Å². The van der Waals surface area contributed by atoms with Crippen LogP contribution < -0.4 is 10.5 Å². The maximum absolute atomic E-state index is 6.10. The zero-order chi connectivity index (χ0) is 13.0. The van der Waals surface area contributed by atoms with Crippen LogP contribution in [0.3, 0.4) is 0 Å². The SMILES string of the molecule is NC(=S)c1ccc(OCC2CCCCC2)cc1Cl. The van der Waals surface area contributed by atoms with Crippen LogP contribution in [0.25, 0.3) is 0 Å². The van der Waals surface area contributed by atoms with Gasteiger partial charge in [0.25, 0.3) is 0 Å². The number of benzene rings is 1.